The van der Waals surface area contributed by atoms with Crippen molar-refractivity contribution in [3.63, 3.8) is 0 Å². The Balaban J connectivity index is 0.000000385. The van der Waals surface area contributed by atoms with Gasteiger partial charge in [-0.15, -0.1) is 0 Å². The Kier molecular flexibility index (Phi) is 5.69. The van der Waals surface area contributed by atoms with Gasteiger partial charge in [-0.25, -0.2) is 0 Å². The fourth-order valence-electron chi connectivity index (χ4n) is 0.710. The molecule has 1 rings (SSSR count). The summed E-state index contributed by atoms with van der Waals surface area (Å²) in [7, 11) is -4.02. The van der Waals surface area contributed by atoms with Crippen LogP contribution in [0.3, 0.4) is 0 Å². The van der Waals surface area contributed by atoms with Crippen LogP contribution in [0.15, 0.2) is 29.2 Å². The monoisotopic (exact) mass is 246 g/mol. The zero-order valence-corrected chi connectivity index (χ0v) is 9.86. The predicted octanol–water partition coefficient (Wildman–Crippen LogP) is 1.72. The minimum Gasteiger partial charge on any atom is -0.481 e. The zero-order valence-electron chi connectivity index (χ0n) is 9.04. The quantitative estimate of drug-likeness (QED) is 0.775. The standard InChI is InChI=1S/C7H8O3S.C3H6O2/c1-6-2-4-7(5-3-6)11(8,9)10;1-2-3(4)5/h2-5H,1H3,(H,8,9,10);2H2,1H3,(H,4,5). The van der Waals surface area contributed by atoms with E-state index < -0.39 is 16.1 Å². The molecule has 0 heterocycles. The molecule has 0 amide bonds. The van der Waals surface area contributed by atoms with Crippen LogP contribution < -0.4 is 0 Å². The first-order valence-corrected chi connectivity index (χ1v) is 5.97. The molecule has 1 aromatic carbocycles. The maximum absolute atomic E-state index is 10.5. The number of rotatable bonds is 2. The number of carboxylic acids is 1. The van der Waals surface area contributed by atoms with Crippen LogP contribution >= 0.6 is 0 Å². The molecule has 0 aliphatic rings. The largest absolute Gasteiger partial charge is 0.481 e. The molecular formula is C10H14O5S. The summed E-state index contributed by atoms with van der Waals surface area (Å²) < 4.78 is 29.6. The second-order valence-electron chi connectivity index (χ2n) is 3.04. The molecule has 0 aliphatic heterocycles. The van der Waals surface area contributed by atoms with Crippen molar-refractivity contribution >= 4 is 16.1 Å². The van der Waals surface area contributed by atoms with Crippen LogP contribution in [-0.2, 0) is 14.9 Å². The average molecular weight is 246 g/mol. The van der Waals surface area contributed by atoms with Crippen LogP contribution in [0.2, 0.25) is 0 Å². The van der Waals surface area contributed by atoms with Crippen LogP contribution in [0.4, 0.5) is 0 Å². The third kappa shape index (κ3) is 6.15. The van der Waals surface area contributed by atoms with Crippen molar-refractivity contribution in [1.82, 2.24) is 0 Å². The second-order valence-corrected chi connectivity index (χ2v) is 4.46. The molecule has 0 saturated carbocycles. The number of carboxylic acid groups (broad SMARTS) is 1. The van der Waals surface area contributed by atoms with Gasteiger partial charge in [-0.2, -0.15) is 8.42 Å². The lowest BCUT2D eigenvalue weighted by Crippen LogP contribution is -1.96. The summed E-state index contributed by atoms with van der Waals surface area (Å²) >= 11 is 0. The minimum absolute atomic E-state index is 0.0666. The van der Waals surface area contributed by atoms with Crippen molar-refractivity contribution in [1.29, 1.82) is 0 Å². The summed E-state index contributed by atoms with van der Waals surface area (Å²) in [5.74, 6) is -0.745. The molecule has 2 N–H and O–H groups in total. The molecule has 0 bridgehead atoms. The van der Waals surface area contributed by atoms with E-state index >= 15 is 0 Å². The Bertz CT molecular complexity index is 433. The highest BCUT2D eigenvalue weighted by atomic mass is 32.2. The number of hydrogen-bond donors (Lipinski definition) is 2. The SMILES string of the molecule is CCC(=O)O.Cc1ccc(S(=O)(=O)O)cc1. The number of hydrogen-bond acceptors (Lipinski definition) is 3. The maximum atomic E-state index is 10.5. The van der Waals surface area contributed by atoms with Gasteiger partial charge in [0.15, 0.2) is 0 Å². The Morgan fingerprint density at radius 2 is 1.62 bits per heavy atom. The van der Waals surface area contributed by atoms with Crippen LogP contribution in [0.25, 0.3) is 0 Å². The van der Waals surface area contributed by atoms with Gasteiger partial charge in [-0.1, -0.05) is 24.6 Å². The zero-order chi connectivity index (χ0) is 12.8. The van der Waals surface area contributed by atoms with Crippen molar-refractivity contribution in [2.45, 2.75) is 25.2 Å². The summed E-state index contributed by atoms with van der Waals surface area (Å²) in [6.07, 6.45) is 0.222. The molecule has 6 heteroatoms. The molecule has 0 saturated heterocycles. The highest BCUT2D eigenvalue weighted by Crippen LogP contribution is 2.08. The predicted molar refractivity (Wildman–Crippen MR) is 58.9 cm³/mol. The molecule has 16 heavy (non-hydrogen) atoms. The fourth-order valence-corrected chi connectivity index (χ4v) is 1.19. The number of aryl methyl sites for hydroxylation is 1. The molecule has 0 atom stereocenters. The van der Waals surface area contributed by atoms with Gasteiger partial charge in [-0.05, 0) is 19.1 Å². The highest BCUT2D eigenvalue weighted by Gasteiger charge is 2.06. The van der Waals surface area contributed by atoms with Crippen molar-refractivity contribution < 1.29 is 22.9 Å². The average Bonchev–Trinajstić information content (AvgIpc) is 2.18. The van der Waals surface area contributed by atoms with E-state index in [9.17, 15) is 13.2 Å². The highest BCUT2D eigenvalue weighted by molar-refractivity contribution is 7.85. The summed E-state index contributed by atoms with van der Waals surface area (Å²) in [5.41, 5.74) is 0.956. The van der Waals surface area contributed by atoms with E-state index in [-0.39, 0.29) is 11.3 Å². The Morgan fingerprint density at radius 1 is 1.25 bits per heavy atom. The van der Waals surface area contributed by atoms with Gasteiger partial charge in [0.1, 0.15) is 0 Å². The summed E-state index contributed by atoms with van der Waals surface area (Å²) in [6.45, 7) is 3.44. The Hall–Kier alpha value is -1.40. The van der Waals surface area contributed by atoms with Crippen LogP contribution in [0.1, 0.15) is 18.9 Å². The van der Waals surface area contributed by atoms with Crippen LogP contribution in [-0.4, -0.2) is 24.0 Å². The van der Waals surface area contributed by atoms with Gasteiger partial charge < -0.3 is 5.11 Å². The van der Waals surface area contributed by atoms with Crippen molar-refractivity contribution in [2.24, 2.45) is 0 Å². The van der Waals surface area contributed by atoms with Gasteiger partial charge in [0.25, 0.3) is 10.1 Å². The lowest BCUT2D eigenvalue weighted by molar-refractivity contribution is -0.136. The molecule has 0 unspecified atom stereocenters. The topological polar surface area (TPSA) is 91.7 Å². The molecule has 90 valence electrons. The first-order valence-electron chi connectivity index (χ1n) is 4.53. The van der Waals surface area contributed by atoms with Gasteiger partial charge in [0.2, 0.25) is 0 Å². The summed E-state index contributed by atoms with van der Waals surface area (Å²) in [4.78, 5) is 9.30. The summed E-state index contributed by atoms with van der Waals surface area (Å²) in [5, 5.41) is 7.72. The van der Waals surface area contributed by atoms with E-state index in [1.54, 1.807) is 19.1 Å². The van der Waals surface area contributed by atoms with E-state index in [1.807, 2.05) is 6.92 Å². The normalized spacial score (nSPS) is 10.2. The molecule has 1 aromatic rings. The third-order valence-corrected chi connectivity index (χ3v) is 2.49. The van der Waals surface area contributed by atoms with Crippen LogP contribution in [0, 0.1) is 6.92 Å². The van der Waals surface area contributed by atoms with E-state index in [0.29, 0.717) is 0 Å². The van der Waals surface area contributed by atoms with Gasteiger partial charge in [-0.3, -0.25) is 9.35 Å². The van der Waals surface area contributed by atoms with Gasteiger partial charge in [0.05, 0.1) is 4.90 Å². The number of benzene rings is 1. The molecule has 0 radical (unpaired) electrons. The third-order valence-electron chi connectivity index (χ3n) is 1.62. The van der Waals surface area contributed by atoms with E-state index in [0.717, 1.165) is 5.56 Å². The van der Waals surface area contributed by atoms with Gasteiger partial charge >= 0.3 is 5.97 Å². The van der Waals surface area contributed by atoms with E-state index in [1.165, 1.54) is 12.1 Å². The first kappa shape index (κ1) is 14.6. The second kappa shape index (κ2) is 6.24. The van der Waals surface area contributed by atoms with Crippen molar-refractivity contribution in [3.05, 3.63) is 29.8 Å². The molecular weight excluding hydrogens is 232 g/mol. The van der Waals surface area contributed by atoms with Crippen LogP contribution in [0.5, 0.6) is 0 Å². The Morgan fingerprint density at radius 3 is 1.88 bits per heavy atom. The molecule has 0 aromatic heterocycles. The molecule has 0 spiro atoms. The van der Waals surface area contributed by atoms with E-state index in [2.05, 4.69) is 0 Å². The number of aliphatic carboxylic acids is 1. The fraction of sp³-hybridized carbons (Fsp3) is 0.300. The number of carbonyl (C=O) groups is 1. The van der Waals surface area contributed by atoms with Crippen molar-refractivity contribution in [2.75, 3.05) is 0 Å². The lowest BCUT2D eigenvalue weighted by Gasteiger charge is -1.95. The lowest BCUT2D eigenvalue weighted by atomic mass is 10.2. The minimum atomic E-state index is -4.02. The molecule has 0 aliphatic carbocycles. The Labute approximate surface area is 94.5 Å². The first-order chi connectivity index (χ1) is 7.27. The molecule has 5 nitrogen and oxygen atoms in total. The van der Waals surface area contributed by atoms with Crippen molar-refractivity contribution in [3.8, 4) is 0 Å². The smallest absolute Gasteiger partial charge is 0.303 e. The van der Waals surface area contributed by atoms with Gasteiger partial charge in [0, 0.05) is 6.42 Å². The summed E-state index contributed by atoms with van der Waals surface area (Å²) in [6, 6.07) is 5.99. The molecule has 0 fully saturated rings. The maximum Gasteiger partial charge on any atom is 0.303 e. The van der Waals surface area contributed by atoms with E-state index in [4.69, 9.17) is 9.66 Å².